The number of aliphatic hydroxyl groups is 1. The highest BCUT2D eigenvalue weighted by Crippen LogP contribution is 2.28. The summed E-state index contributed by atoms with van der Waals surface area (Å²) in [6, 6.07) is 8.89. The summed E-state index contributed by atoms with van der Waals surface area (Å²) in [6.07, 6.45) is 0.995. The van der Waals surface area contributed by atoms with Crippen LogP contribution in [0.1, 0.15) is 12.8 Å². The second kappa shape index (κ2) is 6.54. The van der Waals surface area contributed by atoms with Crippen molar-refractivity contribution in [2.75, 3.05) is 26.4 Å². The Morgan fingerprint density at radius 3 is 2.63 bits per heavy atom. The van der Waals surface area contributed by atoms with Crippen LogP contribution < -0.4 is 10.1 Å². The third-order valence-corrected chi connectivity index (χ3v) is 3.45. The van der Waals surface area contributed by atoms with E-state index in [1.165, 1.54) is 0 Å². The van der Waals surface area contributed by atoms with Gasteiger partial charge in [0.2, 0.25) is 0 Å². The summed E-state index contributed by atoms with van der Waals surface area (Å²) in [7, 11) is 0. The van der Waals surface area contributed by atoms with Gasteiger partial charge in [0.05, 0.1) is 6.61 Å². The molecule has 1 heterocycles. The monoisotopic (exact) mass is 265 g/mol. The van der Waals surface area contributed by atoms with Crippen LogP contribution >= 0.6 is 0 Å². The number of benzene rings is 1. The van der Waals surface area contributed by atoms with Crippen molar-refractivity contribution in [1.82, 2.24) is 5.32 Å². The Morgan fingerprint density at radius 1 is 1.32 bits per heavy atom. The van der Waals surface area contributed by atoms with E-state index in [1.54, 1.807) is 24.3 Å². The van der Waals surface area contributed by atoms with Crippen molar-refractivity contribution in [2.45, 2.75) is 12.8 Å². The highest BCUT2D eigenvalue weighted by molar-refractivity contribution is 5.70. The molecule has 5 nitrogen and oxygen atoms in total. The number of ether oxygens (including phenoxy) is 2. The van der Waals surface area contributed by atoms with E-state index in [0.717, 1.165) is 12.8 Å². The predicted octanol–water partition coefficient (Wildman–Crippen LogP) is 1.56. The summed E-state index contributed by atoms with van der Waals surface area (Å²) in [4.78, 5) is 11.7. The van der Waals surface area contributed by atoms with Gasteiger partial charge in [0.25, 0.3) is 0 Å². The van der Waals surface area contributed by atoms with Gasteiger partial charge in [0, 0.05) is 25.2 Å². The minimum atomic E-state index is -0.495. The van der Waals surface area contributed by atoms with Crippen LogP contribution in [0.4, 0.5) is 4.79 Å². The number of carbonyl (C=O) groups is 1. The van der Waals surface area contributed by atoms with E-state index in [4.69, 9.17) is 9.47 Å². The van der Waals surface area contributed by atoms with Crippen LogP contribution in [0, 0.1) is 5.41 Å². The fourth-order valence-corrected chi connectivity index (χ4v) is 2.09. The molecule has 0 spiro atoms. The first-order valence-corrected chi connectivity index (χ1v) is 6.43. The fraction of sp³-hybridized carbons (Fsp3) is 0.500. The number of amides is 1. The lowest BCUT2D eigenvalue weighted by atomic mass is 9.81. The van der Waals surface area contributed by atoms with Crippen LogP contribution in [0.25, 0.3) is 0 Å². The van der Waals surface area contributed by atoms with Crippen LogP contribution in [0.15, 0.2) is 30.3 Å². The molecule has 0 atom stereocenters. The normalized spacial score (nSPS) is 17.7. The smallest absolute Gasteiger partial charge is 0.410 e. The van der Waals surface area contributed by atoms with Crippen molar-refractivity contribution >= 4 is 6.09 Å². The van der Waals surface area contributed by atoms with Crippen molar-refractivity contribution < 1.29 is 19.4 Å². The van der Waals surface area contributed by atoms with Crippen molar-refractivity contribution in [3.05, 3.63) is 30.3 Å². The molecule has 5 heteroatoms. The lowest BCUT2D eigenvalue weighted by Crippen LogP contribution is -2.44. The van der Waals surface area contributed by atoms with Gasteiger partial charge in [-0.05, 0) is 25.0 Å². The molecule has 1 saturated heterocycles. The van der Waals surface area contributed by atoms with Crippen molar-refractivity contribution in [3.63, 3.8) is 0 Å². The van der Waals surface area contributed by atoms with Gasteiger partial charge in [0.15, 0.2) is 0 Å². The Bertz CT molecular complexity index is 401. The van der Waals surface area contributed by atoms with Gasteiger partial charge in [-0.2, -0.15) is 0 Å². The number of rotatable bonds is 4. The van der Waals surface area contributed by atoms with Gasteiger partial charge >= 0.3 is 6.09 Å². The molecule has 104 valence electrons. The summed E-state index contributed by atoms with van der Waals surface area (Å²) >= 11 is 0. The molecular formula is C14H19NO4. The van der Waals surface area contributed by atoms with E-state index in [2.05, 4.69) is 5.32 Å². The average molecular weight is 265 g/mol. The van der Waals surface area contributed by atoms with Gasteiger partial charge in [-0.25, -0.2) is 4.79 Å². The quantitative estimate of drug-likeness (QED) is 0.867. The van der Waals surface area contributed by atoms with E-state index >= 15 is 0 Å². The van der Waals surface area contributed by atoms with Crippen molar-refractivity contribution in [1.29, 1.82) is 0 Å². The maximum atomic E-state index is 11.7. The van der Waals surface area contributed by atoms with Crippen molar-refractivity contribution in [3.8, 4) is 5.75 Å². The number of aliphatic hydroxyl groups excluding tert-OH is 1. The minimum Gasteiger partial charge on any atom is -0.410 e. The van der Waals surface area contributed by atoms with Gasteiger partial charge in [-0.1, -0.05) is 18.2 Å². The van der Waals surface area contributed by atoms with Crippen molar-refractivity contribution in [2.24, 2.45) is 5.41 Å². The Hall–Kier alpha value is -1.59. The maximum Gasteiger partial charge on any atom is 0.412 e. The molecule has 0 bridgehead atoms. The highest BCUT2D eigenvalue weighted by Gasteiger charge is 2.32. The van der Waals surface area contributed by atoms with Gasteiger partial charge in [-0.3, -0.25) is 0 Å². The molecule has 0 unspecified atom stereocenters. The van der Waals surface area contributed by atoms with Gasteiger partial charge in [0.1, 0.15) is 5.75 Å². The molecule has 1 aromatic carbocycles. The standard InChI is InChI=1S/C14H19NO4/c16-11-14(6-8-18-9-7-14)10-15-13(17)19-12-4-2-1-3-5-12/h1-5,16H,6-11H2,(H,15,17). The summed E-state index contributed by atoms with van der Waals surface area (Å²) in [5.41, 5.74) is -0.284. The molecule has 19 heavy (non-hydrogen) atoms. The summed E-state index contributed by atoms with van der Waals surface area (Å²) in [5, 5.41) is 12.2. The van der Waals surface area contributed by atoms with E-state index in [9.17, 15) is 9.90 Å². The molecule has 2 rings (SSSR count). The third-order valence-electron chi connectivity index (χ3n) is 3.45. The Balaban J connectivity index is 1.82. The van der Waals surface area contributed by atoms with Crippen LogP contribution in [0.2, 0.25) is 0 Å². The second-order valence-corrected chi connectivity index (χ2v) is 4.83. The number of carbonyl (C=O) groups excluding carboxylic acids is 1. The molecule has 0 saturated carbocycles. The van der Waals surface area contributed by atoms with E-state index in [1.807, 2.05) is 6.07 Å². The van der Waals surface area contributed by atoms with E-state index < -0.39 is 6.09 Å². The minimum absolute atomic E-state index is 0.0436. The number of hydrogen-bond acceptors (Lipinski definition) is 4. The second-order valence-electron chi connectivity index (χ2n) is 4.83. The molecule has 1 fully saturated rings. The lowest BCUT2D eigenvalue weighted by molar-refractivity contribution is -0.0144. The van der Waals surface area contributed by atoms with E-state index in [-0.39, 0.29) is 12.0 Å². The molecule has 2 N–H and O–H groups in total. The van der Waals surface area contributed by atoms with Crippen LogP contribution in [0.5, 0.6) is 5.75 Å². The highest BCUT2D eigenvalue weighted by atomic mass is 16.6. The third kappa shape index (κ3) is 3.94. The lowest BCUT2D eigenvalue weighted by Gasteiger charge is -2.35. The summed E-state index contributed by atoms with van der Waals surface area (Å²) < 4.78 is 10.4. The molecule has 0 aliphatic carbocycles. The molecule has 1 amide bonds. The SMILES string of the molecule is O=C(NCC1(CO)CCOCC1)Oc1ccccc1. The van der Waals surface area contributed by atoms with Crippen LogP contribution in [-0.4, -0.2) is 37.6 Å². The largest absolute Gasteiger partial charge is 0.412 e. The first-order valence-electron chi connectivity index (χ1n) is 6.43. The van der Waals surface area contributed by atoms with Gasteiger partial charge in [-0.15, -0.1) is 0 Å². The number of hydrogen-bond donors (Lipinski definition) is 2. The van der Waals surface area contributed by atoms with Crippen LogP contribution in [0.3, 0.4) is 0 Å². The Morgan fingerprint density at radius 2 is 2.00 bits per heavy atom. The molecule has 0 radical (unpaired) electrons. The topological polar surface area (TPSA) is 67.8 Å². The first kappa shape index (κ1) is 13.8. The first-order chi connectivity index (χ1) is 9.24. The zero-order valence-electron chi connectivity index (χ0n) is 10.8. The van der Waals surface area contributed by atoms with Gasteiger partial charge < -0.3 is 19.9 Å². The summed E-state index contributed by atoms with van der Waals surface area (Å²) in [6.45, 7) is 1.69. The molecular weight excluding hydrogens is 246 g/mol. The Kier molecular flexibility index (Phi) is 4.76. The molecule has 0 aromatic heterocycles. The van der Waals surface area contributed by atoms with Crippen LogP contribution in [-0.2, 0) is 4.74 Å². The maximum absolute atomic E-state index is 11.7. The summed E-state index contributed by atoms with van der Waals surface area (Å²) in [5.74, 6) is 0.505. The zero-order chi connectivity index (χ0) is 13.6. The number of nitrogens with one attached hydrogen (secondary N) is 1. The fourth-order valence-electron chi connectivity index (χ4n) is 2.09. The molecule has 1 aliphatic rings. The Labute approximate surface area is 112 Å². The molecule has 1 aliphatic heterocycles. The number of para-hydroxylation sites is 1. The average Bonchev–Trinajstić information content (AvgIpc) is 2.47. The predicted molar refractivity (Wildman–Crippen MR) is 70.0 cm³/mol. The zero-order valence-corrected chi connectivity index (χ0v) is 10.8. The van der Waals surface area contributed by atoms with E-state index in [0.29, 0.717) is 25.5 Å². The molecule has 1 aromatic rings.